The molecule has 2 fully saturated rings. The van der Waals surface area contributed by atoms with E-state index in [1.807, 2.05) is 17.9 Å². The van der Waals surface area contributed by atoms with E-state index in [0.717, 1.165) is 6.54 Å². The van der Waals surface area contributed by atoms with Crippen LogP contribution in [0.2, 0.25) is 0 Å². The van der Waals surface area contributed by atoms with Crippen molar-refractivity contribution in [3.63, 3.8) is 0 Å². The van der Waals surface area contributed by atoms with Gasteiger partial charge in [-0.25, -0.2) is 0 Å². The van der Waals surface area contributed by atoms with Crippen LogP contribution in [0.15, 0.2) is 12.4 Å². The van der Waals surface area contributed by atoms with Crippen LogP contribution in [0.4, 0.5) is 0 Å². The quantitative estimate of drug-likeness (QED) is 0.617. The molecule has 0 aromatic carbocycles. The van der Waals surface area contributed by atoms with E-state index < -0.39 is 0 Å². The van der Waals surface area contributed by atoms with E-state index in [1.165, 1.54) is 5.56 Å². The zero-order valence-corrected chi connectivity index (χ0v) is 7.64. The zero-order chi connectivity index (χ0) is 9.00. The fourth-order valence-corrected chi connectivity index (χ4v) is 2.51. The number of aromatic nitrogens is 2. The number of piperidine rings is 1. The molecule has 1 aliphatic carbocycles. The fourth-order valence-electron chi connectivity index (χ4n) is 2.51. The molecule has 4 heteroatoms. The molecular weight excluding hydrogens is 164 g/mol. The van der Waals surface area contributed by atoms with Gasteiger partial charge in [-0.2, -0.15) is 5.10 Å². The number of fused-ring (bicyclic) bond motifs is 1. The van der Waals surface area contributed by atoms with Crippen molar-refractivity contribution in [2.45, 2.75) is 12.1 Å². The summed E-state index contributed by atoms with van der Waals surface area (Å²) in [5.74, 6) is 1.37. The Morgan fingerprint density at radius 3 is 3.08 bits per heavy atom. The lowest BCUT2D eigenvalue weighted by Crippen LogP contribution is -2.25. The monoisotopic (exact) mass is 178 g/mol. The van der Waals surface area contributed by atoms with Crippen LogP contribution in [0, 0.1) is 11.8 Å². The van der Waals surface area contributed by atoms with Crippen LogP contribution in [0.25, 0.3) is 0 Å². The Kier molecular flexibility index (Phi) is 1.35. The summed E-state index contributed by atoms with van der Waals surface area (Å²) in [6, 6.07) is 0.875. The summed E-state index contributed by atoms with van der Waals surface area (Å²) in [7, 11) is 1.95. The number of hydrogen-bond acceptors (Lipinski definition) is 3. The third-order valence-electron chi connectivity index (χ3n) is 3.33. The largest absolute Gasteiger partial charge is 0.327 e. The topological polar surface area (TPSA) is 55.9 Å². The minimum Gasteiger partial charge on any atom is -0.327 e. The van der Waals surface area contributed by atoms with Gasteiger partial charge in [0, 0.05) is 37.4 Å². The van der Waals surface area contributed by atoms with Gasteiger partial charge in [0.15, 0.2) is 0 Å². The third-order valence-corrected chi connectivity index (χ3v) is 3.33. The van der Waals surface area contributed by atoms with Gasteiger partial charge in [-0.15, -0.1) is 0 Å². The Hall–Kier alpha value is -0.870. The fraction of sp³-hybridized carbons (Fsp3) is 0.667. The van der Waals surface area contributed by atoms with Crippen molar-refractivity contribution in [3.8, 4) is 0 Å². The first-order valence-electron chi connectivity index (χ1n) is 4.75. The summed E-state index contributed by atoms with van der Waals surface area (Å²) in [4.78, 5) is 0. The number of nitrogens with one attached hydrogen (secondary N) is 1. The SMILES string of the molecule is Cn1cc(C2NCC3C(N)C23)cn1. The average molecular weight is 178 g/mol. The predicted molar refractivity (Wildman–Crippen MR) is 48.9 cm³/mol. The predicted octanol–water partition coefficient (Wildman–Crippen LogP) is -0.362. The van der Waals surface area contributed by atoms with Crippen LogP contribution in [-0.2, 0) is 7.05 Å². The normalized spacial score (nSPS) is 42.0. The molecule has 3 N–H and O–H groups in total. The van der Waals surface area contributed by atoms with Gasteiger partial charge in [0.05, 0.1) is 6.20 Å². The van der Waals surface area contributed by atoms with Gasteiger partial charge in [-0.05, 0) is 11.8 Å². The molecule has 4 unspecified atom stereocenters. The van der Waals surface area contributed by atoms with Gasteiger partial charge in [-0.3, -0.25) is 4.68 Å². The molecule has 4 atom stereocenters. The van der Waals surface area contributed by atoms with Gasteiger partial charge >= 0.3 is 0 Å². The maximum Gasteiger partial charge on any atom is 0.0537 e. The molecular formula is C9H14N4. The summed E-state index contributed by atoms with van der Waals surface area (Å²) in [6.45, 7) is 1.07. The number of nitrogens with zero attached hydrogens (tertiary/aromatic N) is 2. The smallest absolute Gasteiger partial charge is 0.0537 e. The molecule has 1 saturated carbocycles. The van der Waals surface area contributed by atoms with Gasteiger partial charge in [-0.1, -0.05) is 0 Å². The van der Waals surface area contributed by atoms with E-state index in [2.05, 4.69) is 16.6 Å². The van der Waals surface area contributed by atoms with Crippen LogP contribution < -0.4 is 11.1 Å². The van der Waals surface area contributed by atoms with Crippen LogP contribution in [0.3, 0.4) is 0 Å². The van der Waals surface area contributed by atoms with Crippen molar-refractivity contribution in [2.75, 3.05) is 6.54 Å². The lowest BCUT2D eigenvalue weighted by atomic mass is 10.1. The Balaban J connectivity index is 1.86. The highest BCUT2D eigenvalue weighted by molar-refractivity contribution is 5.23. The van der Waals surface area contributed by atoms with Crippen molar-refractivity contribution in [1.82, 2.24) is 15.1 Å². The highest BCUT2D eigenvalue weighted by Crippen LogP contribution is 2.50. The zero-order valence-electron chi connectivity index (χ0n) is 7.64. The Bertz CT molecular complexity index is 332. The minimum atomic E-state index is 0.423. The average Bonchev–Trinajstić information content (AvgIpc) is 2.58. The Labute approximate surface area is 77.1 Å². The Morgan fingerprint density at radius 1 is 1.69 bits per heavy atom. The van der Waals surface area contributed by atoms with E-state index >= 15 is 0 Å². The first-order valence-corrected chi connectivity index (χ1v) is 4.75. The molecule has 3 rings (SSSR count). The number of hydrogen-bond donors (Lipinski definition) is 2. The molecule has 1 aliphatic heterocycles. The molecule has 0 amide bonds. The molecule has 1 aromatic heterocycles. The lowest BCUT2D eigenvalue weighted by Gasteiger charge is -2.11. The van der Waals surface area contributed by atoms with Gasteiger partial charge in [0.1, 0.15) is 0 Å². The van der Waals surface area contributed by atoms with Crippen molar-refractivity contribution in [2.24, 2.45) is 24.6 Å². The standard InChI is InChI=1S/C9H14N4/c1-13-4-5(2-12-13)9-7-6(3-11-9)8(7)10/h2,4,6-9,11H,3,10H2,1H3. The molecule has 1 saturated heterocycles. The first-order chi connectivity index (χ1) is 6.27. The van der Waals surface area contributed by atoms with E-state index in [9.17, 15) is 0 Å². The lowest BCUT2D eigenvalue weighted by molar-refractivity contribution is 0.536. The first kappa shape index (κ1) is 7.53. The summed E-state index contributed by atoms with van der Waals surface area (Å²) < 4.78 is 1.85. The van der Waals surface area contributed by atoms with Crippen LogP contribution in [0.5, 0.6) is 0 Å². The van der Waals surface area contributed by atoms with E-state index in [0.29, 0.717) is 23.9 Å². The second kappa shape index (κ2) is 2.33. The molecule has 70 valence electrons. The van der Waals surface area contributed by atoms with Gasteiger partial charge in [0.2, 0.25) is 0 Å². The highest BCUT2D eigenvalue weighted by Gasteiger charge is 2.56. The molecule has 2 heterocycles. The molecule has 0 spiro atoms. The number of nitrogens with two attached hydrogens (primary N) is 1. The number of rotatable bonds is 1. The van der Waals surface area contributed by atoms with E-state index in [1.54, 1.807) is 0 Å². The summed E-state index contributed by atoms with van der Waals surface area (Å²) in [6.07, 6.45) is 4.01. The van der Waals surface area contributed by atoms with Crippen LogP contribution in [-0.4, -0.2) is 22.4 Å². The summed E-state index contributed by atoms with van der Waals surface area (Å²) in [5, 5.41) is 7.66. The molecule has 0 bridgehead atoms. The van der Waals surface area contributed by atoms with Gasteiger partial charge < -0.3 is 11.1 Å². The van der Waals surface area contributed by atoms with E-state index in [-0.39, 0.29) is 0 Å². The number of aryl methyl sites for hydroxylation is 1. The van der Waals surface area contributed by atoms with Crippen LogP contribution in [0.1, 0.15) is 11.6 Å². The second-order valence-corrected chi connectivity index (χ2v) is 4.15. The second-order valence-electron chi connectivity index (χ2n) is 4.15. The minimum absolute atomic E-state index is 0.423. The van der Waals surface area contributed by atoms with Crippen molar-refractivity contribution in [1.29, 1.82) is 0 Å². The molecule has 0 radical (unpaired) electrons. The van der Waals surface area contributed by atoms with Crippen molar-refractivity contribution < 1.29 is 0 Å². The highest BCUT2D eigenvalue weighted by atomic mass is 15.2. The molecule has 1 aromatic rings. The molecule has 4 nitrogen and oxygen atoms in total. The molecule has 2 aliphatic rings. The maximum absolute atomic E-state index is 5.94. The Morgan fingerprint density at radius 2 is 2.54 bits per heavy atom. The van der Waals surface area contributed by atoms with Crippen molar-refractivity contribution >= 4 is 0 Å². The van der Waals surface area contributed by atoms with Crippen LogP contribution >= 0.6 is 0 Å². The summed E-state index contributed by atoms with van der Waals surface area (Å²) >= 11 is 0. The maximum atomic E-state index is 5.94. The molecule has 13 heavy (non-hydrogen) atoms. The summed E-state index contributed by atoms with van der Waals surface area (Å²) in [5.41, 5.74) is 7.22. The van der Waals surface area contributed by atoms with E-state index in [4.69, 9.17) is 5.73 Å². The van der Waals surface area contributed by atoms with Gasteiger partial charge in [0.25, 0.3) is 0 Å². The van der Waals surface area contributed by atoms with Crippen molar-refractivity contribution in [3.05, 3.63) is 18.0 Å². The third kappa shape index (κ3) is 0.957.